The number of benzene rings is 2. The van der Waals surface area contributed by atoms with Gasteiger partial charge >= 0.3 is 0 Å². The molecule has 0 radical (unpaired) electrons. The Labute approximate surface area is 127 Å². The average Bonchev–Trinajstić information content (AvgIpc) is 2.49. The van der Waals surface area contributed by atoms with Crippen LogP contribution in [0.2, 0.25) is 0 Å². The van der Waals surface area contributed by atoms with E-state index in [-0.39, 0.29) is 6.04 Å². The van der Waals surface area contributed by atoms with Gasteiger partial charge in [-0.05, 0) is 43.2 Å². The van der Waals surface area contributed by atoms with Crippen molar-refractivity contribution in [2.45, 2.75) is 24.3 Å². The lowest BCUT2D eigenvalue weighted by Gasteiger charge is -2.15. The van der Waals surface area contributed by atoms with Gasteiger partial charge in [0.2, 0.25) is 0 Å². The molecular weight excluding hydrogens is 290 g/mol. The van der Waals surface area contributed by atoms with Gasteiger partial charge in [-0.3, -0.25) is 11.3 Å². The normalized spacial score (nSPS) is 12.4. The monoisotopic (exact) mass is 308 g/mol. The first kappa shape index (κ1) is 15.9. The number of hydrazine groups is 1. The molecule has 2 nitrogen and oxygen atoms in total. The molecule has 5 heteroatoms. The number of nitrogens with one attached hydrogen (secondary N) is 1. The van der Waals surface area contributed by atoms with Crippen molar-refractivity contribution in [1.82, 2.24) is 5.43 Å². The van der Waals surface area contributed by atoms with E-state index in [0.717, 1.165) is 22.3 Å². The predicted octanol–water partition coefficient (Wildman–Crippen LogP) is 3.44. The van der Waals surface area contributed by atoms with Crippen LogP contribution in [-0.2, 0) is 6.42 Å². The third kappa shape index (κ3) is 4.81. The number of hydrogen-bond acceptors (Lipinski definition) is 3. The smallest absolute Gasteiger partial charge is 0.159 e. The van der Waals surface area contributed by atoms with Crippen LogP contribution in [0.3, 0.4) is 0 Å². The molecule has 1 unspecified atom stereocenters. The summed E-state index contributed by atoms with van der Waals surface area (Å²) in [5, 5.41) is 0. The molecule has 0 aliphatic heterocycles. The zero-order chi connectivity index (χ0) is 15.2. The van der Waals surface area contributed by atoms with Crippen LogP contribution in [0, 0.1) is 18.6 Å². The van der Waals surface area contributed by atoms with E-state index in [1.165, 1.54) is 11.6 Å². The molecule has 0 amide bonds. The third-order valence-corrected chi connectivity index (χ3v) is 4.35. The van der Waals surface area contributed by atoms with E-state index < -0.39 is 11.6 Å². The molecule has 0 aliphatic carbocycles. The number of halogens is 2. The van der Waals surface area contributed by atoms with Crippen LogP contribution in [-0.4, -0.2) is 11.8 Å². The minimum absolute atomic E-state index is 0.0128. The molecule has 0 heterocycles. The molecule has 0 aromatic heterocycles. The summed E-state index contributed by atoms with van der Waals surface area (Å²) in [5.74, 6) is 4.64. The second kappa shape index (κ2) is 7.54. The highest BCUT2D eigenvalue weighted by molar-refractivity contribution is 7.99. The average molecular weight is 308 g/mol. The Balaban J connectivity index is 1.93. The van der Waals surface area contributed by atoms with Crippen molar-refractivity contribution in [2.24, 2.45) is 5.84 Å². The minimum Gasteiger partial charge on any atom is -0.271 e. The van der Waals surface area contributed by atoms with Gasteiger partial charge in [0.25, 0.3) is 0 Å². The number of rotatable bonds is 6. The number of thioether (sulfide) groups is 1. The maximum atomic E-state index is 13.2. The Morgan fingerprint density at radius 1 is 1.10 bits per heavy atom. The SMILES string of the molecule is Cc1ccc(SCC(Cc2ccc(F)c(F)c2)NN)cc1. The Morgan fingerprint density at radius 2 is 1.81 bits per heavy atom. The van der Waals surface area contributed by atoms with Gasteiger partial charge in [0.05, 0.1) is 0 Å². The van der Waals surface area contributed by atoms with Gasteiger partial charge in [-0.1, -0.05) is 23.8 Å². The summed E-state index contributed by atoms with van der Waals surface area (Å²) in [6.07, 6.45) is 0.548. The largest absolute Gasteiger partial charge is 0.271 e. The van der Waals surface area contributed by atoms with Gasteiger partial charge in [0, 0.05) is 16.7 Å². The molecule has 112 valence electrons. The first-order valence-electron chi connectivity index (χ1n) is 6.68. The van der Waals surface area contributed by atoms with E-state index in [1.807, 2.05) is 6.92 Å². The second-order valence-electron chi connectivity index (χ2n) is 4.94. The summed E-state index contributed by atoms with van der Waals surface area (Å²) in [4.78, 5) is 1.16. The Bertz CT molecular complexity index is 587. The van der Waals surface area contributed by atoms with Crippen molar-refractivity contribution in [2.75, 3.05) is 5.75 Å². The molecule has 0 aliphatic rings. The van der Waals surface area contributed by atoms with E-state index in [0.29, 0.717) is 6.42 Å². The fourth-order valence-corrected chi connectivity index (χ4v) is 2.88. The van der Waals surface area contributed by atoms with E-state index in [4.69, 9.17) is 5.84 Å². The molecule has 1 atom stereocenters. The fraction of sp³-hybridized carbons (Fsp3) is 0.250. The van der Waals surface area contributed by atoms with Gasteiger partial charge in [0.15, 0.2) is 11.6 Å². The Hall–Kier alpha value is -1.43. The molecule has 3 N–H and O–H groups in total. The van der Waals surface area contributed by atoms with Gasteiger partial charge in [-0.25, -0.2) is 8.78 Å². The topological polar surface area (TPSA) is 38.0 Å². The molecule has 2 aromatic rings. The Morgan fingerprint density at radius 3 is 2.43 bits per heavy atom. The van der Waals surface area contributed by atoms with Gasteiger partial charge < -0.3 is 0 Å². The van der Waals surface area contributed by atoms with Crippen molar-refractivity contribution in [3.8, 4) is 0 Å². The predicted molar refractivity (Wildman–Crippen MR) is 83.1 cm³/mol. The number of hydrogen-bond donors (Lipinski definition) is 2. The lowest BCUT2D eigenvalue weighted by molar-refractivity contribution is 0.504. The summed E-state index contributed by atoms with van der Waals surface area (Å²) in [5.41, 5.74) is 4.67. The zero-order valence-electron chi connectivity index (χ0n) is 11.8. The van der Waals surface area contributed by atoms with E-state index in [9.17, 15) is 8.78 Å². The minimum atomic E-state index is -0.829. The van der Waals surface area contributed by atoms with Gasteiger partial charge in [-0.15, -0.1) is 11.8 Å². The zero-order valence-corrected chi connectivity index (χ0v) is 12.6. The molecule has 21 heavy (non-hydrogen) atoms. The fourth-order valence-electron chi connectivity index (χ4n) is 1.95. The summed E-state index contributed by atoms with van der Waals surface area (Å²) >= 11 is 1.68. The van der Waals surface area contributed by atoms with Crippen molar-refractivity contribution in [3.63, 3.8) is 0 Å². The van der Waals surface area contributed by atoms with Crippen LogP contribution >= 0.6 is 11.8 Å². The van der Waals surface area contributed by atoms with Crippen LogP contribution in [0.4, 0.5) is 8.78 Å². The third-order valence-electron chi connectivity index (χ3n) is 3.17. The highest BCUT2D eigenvalue weighted by atomic mass is 32.2. The first-order valence-corrected chi connectivity index (χ1v) is 7.66. The van der Waals surface area contributed by atoms with Gasteiger partial charge in [-0.2, -0.15) is 0 Å². The van der Waals surface area contributed by atoms with E-state index in [1.54, 1.807) is 17.8 Å². The van der Waals surface area contributed by atoms with E-state index in [2.05, 4.69) is 29.7 Å². The van der Waals surface area contributed by atoms with Gasteiger partial charge in [0.1, 0.15) is 0 Å². The van der Waals surface area contributed by atoms with Crippen molar-refractivity contribution in [1.29, 1.82) is 0 Å². The first-order chi connectivity index (χ1) is 10.1. The van der Waals surface area contributed by atoms with Crippen molar-refractivity contribution in [3.05, 3.63) is 65.2 Å². The molecular formula is C16H18F2N2S. The molecule has 0 spiro atoms. The maximum Gasteiger partial charge on any atom is 0.159 e. The quantitative estimate of drug-likeness (QED) is 0.488. The molecule has 0 fully saturated rings. The van der Waals surface area contributed by atoms with Crippen LogP contribution in [0.15, 0.2) is 47.4 Å². The number of nitrogens with two attached hydrogens (primary N) is 1. The highest BCUT2D eigenvalue weighted by Crippen LogP contribution is 2.20. The maximum absolute atomic E-state index is 13.2. The Kier molecular flexibility index (Phi) is 5.73. The number of aryl methyl sites for hydroxylation is 1. The van der Waals surface area contributed by atoms with Crippen molar-refractivity contribution >= 4 is 11.8 Å². The summed E-state index contributed by atoms with van der Waals surface area (Å²) in [6, 6.07) is 12.2. The summed E-state index contributed by atoms with van der Waals surface area (Å²) in [7, 11) is 0. The second-order valence-corrected chi connectivity index (χ2v) is 6.03. The lowest BCUT2D eigenvalue weighted by atomic mass is 10.1. The molecule has 0 saturated carbocycles. The molecule has 0 bridgehead atoms. The molecule has 2 rings (SSSR count). The van der Waals surface area contributed by atoms with E-state index >= 15 is 0 Å². The van der Waals surface area contributed by atoms with Crippen LogP contribution in [0.25, 0.3) is 0 Å². The molecule has 0 saturated heterocycles. The lowest BCUT2D eigenvalue weighted by Crippen LogP contribution is -2.38. The highest BCUT2D eigenvalue weighted by Gasteiger charge is 2.10. The summed E-state index contributed by atoms with van der Waals surface area (Å²) in [6.45, 7) is 2.04. The van der Waals surface area contributed by atoms with Crippen LogP contribution < -0.4 is 11.3 Å². The standard InChI is InChI=1S/C16H18F2N2S/c1-11-2-5-14(6-3-11)21-10-13(20-19)8-12-4-7-15(17)16(18)9-12/h2-7,9,13,20H,8,10,19H2,1H3. The van der Waals surface area contributed by atoms with Crippen molar-refractivity contribution < 1.29 is 8.78 Å². The summed E-state index contributed by atoms with van der Waals surface area (Å²) < 4.78 is 26.1. The van der Waals surface area contributed by atoms with Crippen LogP contribution in [0.5, 0.6) is 0 Å². The molecule has 2 aromatic carbocycles. The van der Waals surface area contributed by atoms with Crippen LogP contribution in [0.1, 0.15) is 11.1 Å².